The van der Waals surface area contributed by atoms with Crippen molar-refractivity contribution in [1.29, 1.82) is 0 Å². The first kappa shape index (κ1) is 15.1. The molecule has 114 valence electrons. The zero-order valence-corrected chi connectivity index (χ0v) is 13.2. The number of aliphatic hydroxyl groups is 1. The van der Waals surface area contributed by atoms with Gasteiger partial charge < -0.3 is 5.11 Å². The predicted molar refractivity (Wildman–Crippen MR) is 93.0 cm³/mol. The third-order valence-corrected chi connectivity index (χ3v) is 4.54. The van der Waals surface area contributed by atoms with E-state index in [0.29, 0.717) is 5.92 Å². The fourth-order valence-electron chi connectivity index (χ4n) is 3.48. The Morgan fingerprint density at radius 2 is 1.55 bits per heavy atom. The molecule has 0 saturated heterocycles. The molecule has 1 aliphatic rings. The quantitative estimate of drug-likeness (QED) is 0.717. The van der Waals surface area contributed by atoms with E-state index in [0.717, 1.165) is 25.7 Å². The zero-order valence-electron chi connectivity index (χ0n) is 13.2. The highest BCUT2D eigenvalue weighted by atomic mass is 16.3. The molecule has 1 nitrogen and oxygen atoms in total. The molecule has 0 radical (unpaired) electrons. The highest BCUT2D eigenvalue weighted by Gasteiger charge is 2.29. The van der Waals surface area contributed by atoms with Gasteiger partial charge in [-0.1, -0.05) is 67.6 Å². The van der Waals surface area contributed by atoms with Crippen LogP contribution in [-0.2, 0) is 0 Å². The molecule has 2 aromatic rings. The van der Waals surface area contributed by atoms with E-state index in [4.69, 9.17) is 0 Å². The molecule has 1 heteroatoms. The highest BCUT2D eigenvalue weighted by Crippen LogP contribution is 2.46. The van der Waals surface area contributed by atoms with E-state index in [-0.39, 0.29) is 6.10 Å². The summed E-state index contributed by atoms with van der Waals surface area (Å²) >= 11 is 0. The maximum absolute atomic E-state index is 10.4. The maximum Gasteiger partial charge on any atom is 0.0552 e. The van der Waals surface area contributed by atoms with Gasteiger partial charge in [0.2, 0.25) is 0 Å². The van der Waals surface area contributed by atoms with Gasteiger partial charge in [-0.25, -0.2) is 0 Å². The van der Waals surface area contributed by atoms with Crippen molar-refractivity contribution in [2.75, 3.05) is 0 Å². The van der Waals surface area contributed by atoms with Gasteiger partial charge in [0, 0.05) is 5.92 Å². The highest BCUT2D eigenvalue weighted by molar-refractivity contribution is 5.78. The fourth-order valence-corrected chi connectivity index (χ4v) is 3.48. The average Bonchev–Trinajstić information content (AvgIpc) is 2.87. The van der Waals surface area contributed by atoms with Crippen molar-refractivity contribution in [3.05, 3.63) is 71.8 Å². The van der Waals surface area contributed by atoms with Crippen LogP contribution in [0.25, 0.3) is 11.1 Å². The van der Waals surface area contributed by atoms with Gasteiger partial charge in [0.1, 0.15) is 0 Å². The Hall–Kier alpha value is -1.86. The minimum absolute atomic E-state index is 0.245. The number of fused-ring (bicyclic) bond motifs is 3. The van der Waals surface area contributed by atoms with E-state index in [1.807, 2.05) is 0 Å². The lowest BCUT2D eigenvalue weighted by Crippen LogP contribution is -2.11. The largest absolute Gasteiger partial charge is 0.393 e. The third-order valence-electron chi connectivity index (χ3n) is 4.54. The third kappa shape index (κ3) is 3.00. The number of rotatable bonds is 6. The van der Waals surface area contributed by atoms with Gasteiger partial charge in [0.15, 0.2) is 0 Å². The lowest BCUT2D eigenvalue weighted by Gasteiger charge is -2.17. The SMILES string of the molecule is CC/C=C/CC[C@H](O)CC1c2ccccc2-c2ccccc21. The molecule has 1 N–H and O–H groups in total. The lowest BCUT2D eigenvalue weighted by molar-refractivity contribution is 0.151. The molecule has 0 saturated carbocycles. The minimum Gasteiger partial charge on any atom is -0.393 e. The molecule has 0 aliphatic heterocycles. The molecule has 0 aromatic heterocycles. The summed E-state index contributed by atoms with van der Waals surface area (Å²) in [5, 5.41) is 10.4. The Morgan fingerprint density at radius 1 is 0.955 bits per heavy atom. The van der Waals surface area contributed by atoms with Crippen molar-refractivity contribution >= 4 is 0 Å². The van der Waals surface area contributed by atoms with Crippen molar-refractivity contribution in [2.45, 2.75) is 44.6 Å². The Bertz CT molecular complexity index is 611. The number of hydrogen-bond acceptors (Lipinski definition) is 1. The molecule has 0 spiro atoms. The molecule has 22 heavy (non-hydrogen) atoms. The monoisotopic (exact) mass is 292 g/mol. The van der Waals surface area contributed by atoms with Crippen molar-refractivity contribution in [1.82, 2.24) is 0 Å². The molecule has 2 aromatic carbocycles. The van der Waals surface area contributed by atoms with Crippen LogP contribution in [0.3, 0.4) is 0 Å². The van der Waals surface area contributed by atoms with Crippen LogP contribution in [0, 0.1) is 0 Å². The summed E-state index contributed by atoms with van der Waals surface area (Å²) in [5.74, 6) is 0.331. The molecule has 1 atom stereocenters. The van der Waals surface area contributed by atoms with Gasteiger partial charge in [0.25, 0.3) is 0 Å². The van der Waals surface area contributed by atoms with E-state index in [2.05, 4.69) is 67.6 Å². The average molecular weight is 292 g/mol. The first-order valence-electron chi connectivity index (χ1n) is 8.32. The first-order chi connectivity index (χ1) is 10.8. The van der Waals surface area contributed by atoms with Crippen molar-refractivity contribution in [3.8, 4) is 11.1 Å². The van der Waals surface area contributed by atoms with Gasteiger partial charge in [-0.2, -0.15) is 0 Å². The molecular formula is C21H24O. The second-order valence-electron chi connectivity index (χ2n) is 6.07. The van der Waals surface area contributed by atoms with Crippen LogP contribution in [0.15, 0.2) is 60.7 Å². The van der Waals surface area contributed by atoms with E-state index < -0.39 is 0 Å². The zero-order chi connectivity index (χ0) is 15.4. The van der Waals surface area contributed by atoms with Crippen LogP contribution in [-0.4, -0.2) is 11.2 Å². The summed E-state index contributed by atoms with van der Waals surface area (Å²) in [6, 6.07) is 17.2. The van der Waals surface area contributed by atoms with Gasteiger partial charge in [0.05, 0.1) is 6.10 Å². The fraction of sp³-hybridized carbons (Fsp3) is 0.333. The van der Waals surface area contributed by atoms with Gasteiger partial charge in [-0.05, 0) is 47.9 Å². The predicted octanol–water partition coefficient (Wildman–Crippen LogP) is 5.30. The maximum atomic E-state index is 10.4. The Kier molecular flexibility index (Phi) is 4.74. The van der Waals surface area contributed by atoms with Crippen LogP contribution in [0.5, 0.6) is 0 Å². The van der Waals surface area contributed by atoms with Crippen molar-refractivity contribution < 1.29 is 5.11 Å². The van der Waals surface area contributed by atoms with Gasteiger partial charge >= 0.3 is 0 Å². The van der Waals surface area contributed by atoms with Crippen LogP contribution in [0.4, 0.5) is 0 Å². The van der Waals surface area contributed by atoms with Crippen molar-refractivity contribution in [2.24, 2.45) is 0 Å². The summed E-state index contributed by atoms with van der Waals surface area (Å²) in [5.41, 5.74) is 5.40. The molecule has 0 heterocycles. The van der Waals surface area contributed by atoms with Gasteiger partial charge in [-0.3, -0.25) is 0 Å². The molecule has 1 aliphatic carbocycles. The number of aliphatic hydroxyl groups excluding tert-OH is 1. The Balaban J connectivity index is 1.77. The summed E-state index contributed by atoms with van der Waals surface area (Å²) in [6.07, 6.45) is 7.80. The van der Waals surface area contributed by atoms with Crippen LogP contribution < -0.4 is 0 Å². The topological polar surface area (TPSA) is 20.2 Å². The summed E-state index contributed by atoms with van der Waals surface area (Å²) in [4.78, 5) is 0. The second kappa shape index (κ2) is 6.93. The number of allylic oxidation sites excluding steroid dienone is 2. The summed E-state index contributed by atoms with van der Waals surface area (Å²) in [6.45, 7) is 2.14. The van der Waals surface area contributed by atoms with E-state index in [9.17, 15) is 5.11 Å². The Labute approximate surface area is 133 Å². The molecule has 3 rings (SSSR count). The smallest absolute Gasteiger partial charge is 0.0552 e. The minimum atomic E-state index is -0.245. The van der Waals surface area contributed by atoms with E-state index >= 15 is 0 Å². The number of benzene rings is 2. The molecule has 0 fully saturated rings. The molecule has 0 amide bonds. The van der Waals surface area contributed by atoms with Crippen LogP contribution in [0.2, 0.25) is 0 Å². The van der Waals surface area contributed by atoms with Crippen LogP contribution in [0.1, 0.15) is 49.7 Å². The lowest BCUT2D eigenvalue weighted by atomic mass is 9.90. The molecular weight excluding hydrogens is 268 g/mol. The summed E-state index contributed by atoms with van der Waals surface area (Å²) < 4.78 is 0. The molecule has 0 unspecified atom stereocenters. The van der Waals surface area contributed by atoms with E-state index in [1.54, 1.807) is 0 Å². The second-order valence-corrected chi connectivity index (χ2v) is 6.07. The standard InChI is InChI=1S/C21H24O/c1-2-3-4-5-10-16(22)15-21-19-13-8-6-11-17(19)18-12-7-9-14-20(18)21/h3-4,6-9,11-14,16,21-22H,2,5,10,15H2,1H3/b4-3+/t16-/m0/s1. The Morgan fingerprint density at radius 3 is 2.14 bits per heavy atom. The number of hydrogen-bond donors (Lipinski definition) is 1. The summed E-state index contributed by atoms with van der Waals surface area (Å²) in [7, 11) is 0. The molecule has 0 bridgehead atoms. The van der Waals surface area contributed by atoms with Crippen LogP contribution >= 0.6 is 0 Å². The van der Waals surface area contributed by atoms with Crippen molar-refractivity contribution in [3.63, 3.8) is 0 Å². The normalized spacial score (nSPS) is 15.0. The first-order valence-corrected chi connectivity index (χ1v) is 8.32. The van der Waals surface area contributed by atoms with E-state index in [1.165, 1.54) is 22.3 Å². The van der Waals surface area contributed by atoms with Gasteiger partial charge in [-0.15, -0.1) is 0 Å².